The number of hydrogen-bond donors (Lipinski definition) is 0. The van der Waals surface area contributed by atoms with Gasteiger partial charge < -0.3 is 0 Å². The van der Waals surface area contributed by atoms with Crippen LogP contribution in [-0.2, 0) is 0 Å². The first kappa shape index (κ1) is 309. The Hall–Kier alpha value is -6.00. The van der Waals surface area contributed by atoms with Crippen LogP contribution in [0.2, 0.25) is 0 Å². The van der Waals surface area contributed by atoms with Crippen LogP contribution in [0.4, 0.5) is 0 Å². The molecule has 0 rings (SSSR count). The van der Waals surface area contributed by atoms with E-state index >= 15 is 0 Å². The average Bonchev–Trinajstić information content (AvgIpc) is 0. The molecule has 0 unspecified atom stereocenters. The first-order valence-electron chi connectivity index (χ1n) is 0. The maximum Gasteiger partial charge on any atom is 0 e. The summed E-state index contributed by atoms with van der Waals surface area (Å²) in [5, 5.41) is 0. The summed E-state index contributed by atoms with van der Waals surface area (Å²) in [4.78, 5) is 0. The standard InChI is InChI=1S/23CH4.6No/h23*1H4;;;;;;. The van der Waals surface area contributed by atoms with Gasteiger partial charge >= 0.3 is 0 Å². The average molecular weight is 1920 g/mol. The monoisotopic (exact) mass is 1920 g/mol. The zero-order valence-corrected chi connectivity index (χ0v) is 15.0. The topological polar surface area (TPSA) is 0 Å². The van der Waals surface area contributed by atoms with Crippen LogP contribution in [0.25, 0.3) is 0 Å². The van der Waals surface area contributed by atoms with Crippen molar-refractivity contribution in [2.75, 3.05) is 0 Å². The van der Waals surface area contributed by atoms with E-state index in [2.05, 4.69) is 0 Å². The van der Waals surface area contributed by atoms with Crippen molar-refractivity contribution in [3.8, 4) is 0 Å². The first-order valence-corrected chi connectivity index (χ1v) is 0. The van der Waals surface area contributed by atoms with Gasteiger partial charge in [0.2, 0.25) is 0 Å². The fraction of sp³-hybridized carbons (Fsp3) is 1.00. The van der Waals surface area contributed by atoms with Crippen molar-refractivity contribution in [1.82, 2.24) is 0 Å². The molecule has 0 aromatic heterocycles. The summed E-state index contributed by atoms with van der Waals surface area (Å²) >= 11 is 0. The minimum absolute atomic E-state index is 0. The SMILES string of the molecule is C.C.C.C.C.C.C.C.C.C.C.C.C.C.C.C.C.C.C.C.C.C.C.[No].[No].[No].[No].[No].[No]. The van der Waals surface area contributed by atoms with Gasteiger partial charge in [-0.15, -0.1) is 0 Å². The predicted octanol–water partition coefficient (Wildman–Crippen LogP) is 14.6. The molecule has 6 heteroatoms. The Bertz CT molecular complexity index is 21.3. The van der Waals surface area contributed by atoms with Gasteiger partial charge in [-0.2, -0.15) is 0 Å². The molecule has 0 fully saturated rings. The molecular formula is C23H92No6. The quantitative estimate of drug-likeness (QED) is 0.227. The van der Waals surface area contributed by atoms with E-state index < -0.39 is 0 Å². The Morgan fingerprint density at radius 2 is 0.0690 bits per heavy atom. The number of hydrogen-bond acceptors (Lipinski definition) is 0. The summed E-state index contributed by atoms with van der Waals surface area (Å²) < 4.78 is 0. The van der Waals surface area contributed by atoms with Crippen LogP contribution >= 0.6 is 0 Å². The van der Waals surface area contributed by atoms with Crippen molar-refractivity contribution in [3.05, 3.63) is 0 Å². The molecule has 0 aliphatic rings. The molecule has 0 aromatic carbocycles. The molecule has 0 aliphatic heterocycles. The second kappa shape index (κ2) is 270. The van der Waals surface area contributed by atoms with E-state index in [1.807, 2.05) is 0 Å². The van der Waals surface area contributed by atoms with Crippen molar-refractivity contribution in [3.63, 3.8) is 0 Å². The fourth-order valence-corrected chi connectivity index (χ4v) is 0. The Kier molecular flexibility index (Phi) is 2870. The van der Waals surface area contributed by atoms with E-state index in [4.69, 9.17) is 0 Å². The van der Waals surface area contributed by atoms with Gasteiger partial charge in [-0.25, -0.2) is 0 Å². The van der Waals surface area contributed by atoms with Crippen molar-refractivity contribution in [1.29, 1.82) is 0 Å². The molecule has 0 heterocycles. The molecule has 0 aromatic rings. The largest absolute Gasteiger partial charge is 0.0776 e. The molecule has 0 nitrogen and oxygen atoms in total. The van der Waals surface area contributed by atoms with E-state index in [9.17, 15) is 0 Å². The molecule has 0 bridgehead atoms. The Morgan fingerprint density at radius 1 is 0.0690 bits per heavy atom. The van der Waals surface area contributed by atoms with Crippen LogP contribution in [0.15, 0.2) is 0 Å². The van der Waals surface area contributed by atoms with E-state index in [1.165, 1.54) is 0 Å². The van der Waals surface area contributed by atoms with Crippen LogP contribution in [0.3, 0.4) is 0 Å². The molecular weight excluding hydrogens is 1830 g/mol. The van der Waals surface area contributed by atoms with Crippen molar-refractivity contribution < 1.29 is 0 Å². The van der Waals surface area contributed by atoms with E-state index in [0.717, 1.165) is 0 Å². The van der Waals surface area contributed by atoms with Gasteiger partial charge in [-0.1, -0.05) is 171 Å². The summed E-state index contributed by atoms with van der Waals surface area (Å²) in [5.41, 5.74) is 0. The van der Waals surface area contributed by atoms with Crippen LogP contribution < -0.4 is 0 Å². The minimum Gasteiger partial charge on any atom is -0.0776 e. The second-order valence-corrected chi connectivity index (χ2v) is 0. The van der Waals surface area contributed by atoms with Crippen LogP contribution in [0, 0.1) is 0 Å². The van der Waals surface area contributed by atoms with Gasteiger partial charge in [0.05, 0.1) is 0 Å². The molecule has 0 N–H and O–H groups in total. The zero-order chi connectivity index (χ0) is 0. The number of rotatable bonds is 0. The third kappa shape index (κ3) is 244. The normalized spacial score (nSPS) is 0. The smallest absolute Gasteiger partial charge is 0 e. The maximum atomic E-state index is 0. The van der Waals surface area contributed by atoms with Crippen molar-refractivity contribution >= 4 is 0 Å². The summed E-state index contributed by atoms with van der Waals surface area (Å²) in [6.07, 6.45) is 0. The summed E-state index contributed by atoms with van der Waals surface area (Å²) in [6.45, 7) is 0. The van der Waals surface area contributed by atoms with E-state index in [-0.39, 0.29) is 171 Å². The predicted molar refractivity (Wildman–Crippen MR) is 155 cm³/mol. The van der Waals surface area contributed by atoms with Gasteiger partial charge in [-0.3, -0.25) is 0 Å². The minimum atomic E-state index is 0. The molecule has 268 valence electrons. The Labute approximate surface area is 171 Å². The van der Waals surface area contributed by atoms with Crippen LogP contribution in [-0.4, -0.2) is 0 Å². The van der Waals surface area contributed by atoms with Crippen LogP contribution in [0.1, 0.15) is 171 Å². The van der Waals surface area contributed by atoms with E-state index in [1.54, 1.807) is 0 Å². The molecule has 0 saturated heterocycles. The van der Waals surface area contributed by atoms with Crippen molar-refractivity contribution in [2.45, 2.75) is 171 Å². The van der Waals surface area contributed by atoms with Gasteiger partial charge in [0.15, 0.2) is 0 Å². The zero-order valence-electron chi connectivity index (χ0n) is 1.60. The Morgan fingerprint density at radius 3 is 0.0690 bits per heavy atom. The molecule has 0 saturated carbocycles. The molecule has 0 spiro atoms. The maximum absolute atomic E-state index is 0. The molecule has 29 heavy (non-hydrogen) atoms. The first-order chi connectivity index (χ1) is 0. The fourth-order valence-electron chi connectivity index (χ4n) is 0. The van der Waals surface area contributed by atoms with Gasteiger partial charge in [-0.05, 0) is 0 Å². The molecule has 0 radical (unpaired) electrons. The third-order valence-electron chi connectivity index (χ3n) is 0. The summed E-state index contributed by atoms with van der Waals surface area (Å²) in [5.74, 6) is 0. The van der Waals surface area contributed by atoms with Crippen molar-refractivity contribution in [2.24, 2.45) is 0 Å². The summed E-state index contributed by atoms with van der Waals surface area (Å²) in [6, 6.07) is 0. The Balaban J connectivity index is 0. The third-order valence-corrected chi connectivity index (χ3v) is 0. The molecule has 0 atom stereocenters. The summed E-state index contributed by atoms with van der Waals surface area (Å²) in [7, 11) is 0. The van der Waals surface area contributed by atoms with Gasteiger partial charge in [0, 0.05) is 0 Å². The van der Waals surface area contributed by atoms with Gasteiger partial charge in [0.25, 0.3) is 0 Å². The van der Waals surface area contributed by atoms with Gasteiger partial charge in [0.1, 0.15) is 0 Å². The van der Waals surface area contributed by atoms with Crippen LogP contribution in [0.5, 0.6) is 0 Å². The molecule has 0 amide bonds. The van der Waals surface area contributed by atoms with E-state index in [0.29, 0.717) is 0 Å². The second-order valence-electron chi connectivity index (χ2n) is 0. The molecule has 0 aliphatic carbocycles.